The van der Waals surface area contributed by atoms with Gasteiger partial charge in [-0.3, -0.25) is 0 Å². The van der Waals surface area contributed by atoms with Gasteiger partial charge in [0.1, 0.15) is 5.82 Å². The number of halogens is 1. The number of carbonyl (C=O) groups is 2. The molecule has 1 aromatic carbocycles. The van der Waals surface area contributed by atoms with Crippen molar-refractivity contribution in [3.05, 3.63) is 35.7 Å². The third-order valence-electron chi connectivity index (χ3n) is 2.08. The lowest BCUT2D eigenvalue weighted by Crippen LogP contribution is -2.34. The number of urea groups is 1. The minimum absolute atomic E-state index is 0.0254. The van der Waals surface area contributed by atoms with Crippen LogP contribution in [-0.4, -0.2) is 23.1 Å². The van der Waals surface area contributed by atoms with Crippen LogP contribution in [0.1, 0.15) is 19.4 Å². The Morgan fingerprint density at radius 3 is 2.58 bits per heavy atom. The van der Waals surface area contributed by atoms with Gasteiger partial charge in [0.2, 0.25) is 0 Å². The van der Waals surface area contributed by atoms with Gasteiger partial charge in [0.25, 0.3) is 0 Å². The van der Waals surface area contributed by atoms with Crippen LogP contribution in [0.3, 0.4) is 0 Å². The van der Waals surface area contributed by atoms with Crippen molar-refractivity contribution in [2.75, 3.05) is 5.32 Å². The minimum Gasteiger partial charge on any atom is -0.478 e. The Morgan fingerprint density at radius 2 is 2.05 bits per heavy atom. The van der Waals surface area contributed by atoms with Crippen molar-refractivity contribution in [2.24, 2.45) is 0 Å². The molecule has 0 atom stereocenters. The van der Waals surface area contributed by atoms with Crippen molar-refractivity contribution < 1.29 is 19.1 Å². The van der Waals surface area contributed by atoms with Crippen molar-refractivity contribution >= 4 is 23.8 Å². The number of anilines is 1. The molecular weight excluding hydrogens is 251 g/mol. The molecule has 0 aromatic heterocycles. The molecule has 0 heterocycles. The molecule has 5 nitrogen and oxygen atoms in total. The van der Waals surface area contributed by atoms with E-state index in [-0.39, 0.29) is 11.6 Å². The number of rotatable bonds is 4. The van der Waals surface area contributed by atoms with Gasteiger partial charge in [0.05, 0.1) is 0 Å². The van der Waals surface area contributed by atoms with Gasteiger partial charge in [-0.2, -0.15) is 0 Å². The maximum atomic E-state index is 13.6. The number of hydrogen-bond donors (Lipinski definition) is 3. The molecule has 0 spiro atoms. The molecule has 0 fully saturated rings. The lowest BCUT2D eigenvalue weighted by atomic mass is 10.2. The number of hydrogen-bond acceptors (Lipinski definition) is 2. The summed E-state index contributed by atoms with van der Waals surface area (Å²) >= 11 is 0. The van der Waals surface area contributed by atoms with Crippen molar-refractivity contribution in [3.63, 3.8) is 0 Å². The van der Waals surface area contributed by atoms with Crippen LogP contribution in [0.4, 0.5) is 14.9 Å². The Hall–Kier alpha value is -2.37. The Kier molecular flexibility index (Phi) is 5.05. The lowest BCUT2D eigenvalue weighted by molar-refractivity contribution is -0.131. The molecule has 0 unspecified atom stereocenters. The molecule has 3 N–H and O–H groups in total. The highest BCUT2D eigenvalue weighted by molar-refractivity contribution is 5.90. The standard InChI is InChI=1S/C13H15FN2O3/c1-8(2)15-13(19)16-10-5-3-9(11(14)7-10)4-6-12(17)18/h3-8H,1-2H3,(H,17,18)(H2,15,16,19). The molecule has 0 saturated heterocycles. The highest BCUT2D eigenvalue weighted by Crippen LogP contribution is 2.15. The van der Waals surface area contributed by atoms with Crippen molar-refractivity contribution in [1.82, 2.24) is 5.32 Å². The molecule has 0 aliphatic rings. The fourth-order valence-electron chi connectivity index (χ4n) is 1.33. The summed E-state index contributed by atoms with van der Waals surface area (Å²) in [6.07, 6.45) is 1.99. The van der Waals surface area contributed by atoms with Crippen LogP contribution >= 0.6 is 0 Å². The predicted molar refractivity (Wildman–Crippen MR) is 70.4 cm³/mol. The lowest BCUT2D eigenvalue weighted by Gasteiger charge is -2.10. The first-order valence-corrected chi connectivity index (χ1v) is 5.66. The van der Waals surface area contributed by atoms with Crippen molar-refractivity contribution in [1.29, 1.82) is 0 Å². The van der Waals surface area contributed by atoms with Crippen LogP contribution in [0.15, 0.2) is 24.3 Å². The van der Waals surface area contributed by atoms with E-state index in [4.69, 9.17) is 5.11 Å². The van der Waals surface area contributed by atoms with Crippen LogP contribution in [0.2, 0.25) is 0 Å². The summed E-state index contributed by atoms with van der Waals surface area (Å²) < 4.78 is 13.6. The summed E-state index contributed by atoms with van der Waals surface area (Å²) in [5.41, 5.74) is 0.431. The number of aliphatic carboxylic acids is 1. The van der Waals surface area contributed by atoms with Gasteiger partial charge < -0.3 is 15.7 Å². The number of benzene rings is 1. The summed E-state index contributed by atoms with van der Waals surface area (Å²) in [6, 6.07) is 3.55. The second-order valence-electron chi connectivity index (χ2n) is 4.16. The summed E-state index contributed by atoms with van der Waals surface area (Å²) in [5.74, 6) is -1.77. The Balaban J connectivity index is 2.77. The molecule has 6 heteroatoms. The summed E-state index contributed by atoms with van der Waals surface area (Å²) in [7, 11) is 0. The van der Waals surface area contributed by atoms with E-state index < -0.39 is 17.8 Å². The van der Waals surface area contributed by atoms with Crippen molar-refractivity contribution in [2.45, 2.75) is 19.9 Å². The van der Waals surface area contributed by atoms with Gasteiger partial charge in [-0.05, 0) is 38.1 Å². The second kappa shape index (κ2) is 6.53. The van der Waals surface area contributed by atoms with Gasteiger partial charge in [0.15, 0.2) is 0 Å². The first-order chi connectivity index (χ1) is 8.88. The van der Waals surface area contributed by atoms with Gasteiger partial charge in [0, 0.05) is 23.4 Å². The molecule has 0 aliphatic heterocycles. The number of carbonyl (C=O) groups excluding carboxylic acids is 1. The fourth-order valence-corrected chi connectivity index (χ4v) is 1.33. The number of carboxylic acids is 1. The van der Waals surface area contributed by atoms with Crippen LogP contribution in [0.25, 0.3) is 6.08 Å². The Bertz CT molecular complexity index is 513. The number of nitrogens with one attached hydrogen (secondary N) is 2. The van der Waals surface area contributed by atoms with E-state index in [1.165, 1.54) is 12.1 Å². The zero-order chi connectivity index (χ0) is 14.4. The average Bonchev–Trinajstić information content (AvgIpc) is 2.26. The maximum Gasteiger partial charge on any atom is 0.328 e. The molecular formula is C13H15FN2O3. The summed E-state index contributed by atoms with van der Waals surface area (Å²) in [5, 5.41) is 13.5. The summed E-state index contributed by atoms with van der Waals surface area (Å²) in [4.78, 5) is 21.7. The average molecular weight is 266 g/mol. The molecule has 102 valence electrons. The van der Waals surface area contributed by atoms with Gasteiger partial charge in [-0.15, -0.1) is 0 Å². The van der Waals surface area contributed by atoms with Gasteiger partial charge in [-0.25, -0.2) is 14.0 Å². The van der Waals surface area contributed by atoms with Crippen LogP contribution in [0, 0.1) is 5.82 Å². The smallest absolute Gasteiger partial charge is 0.328 e. The van der Waals surface area contributed by atoms with Gasteiger partial charge >= 0.3 is 12.0 Å². The monoisotopic (exact) mass is 266 g/mol. The Labute approximate surface area is 110 Å². The SMILES string of the molecule is CC(C)NC(=O)Nc1ccc(C=CC(=O)O)c(F)c1. The zero-order valence-corrected chi connectivity index (χ0v) is 10.6. The van der Waals surface area contributed by atoms with E-state index in [1.54, 1.807) is 13.8 Å². The second-order valence-corrected chi connectivity index (χ2v) is 4.16. The topological polar surface area (TPSA) is 78.4 Å². The largest absolute Gasteiger partial charge is 0.478 e. The van der Waals surface area contributed by atoms with E-state index in [1.807, 2.05) is 0 Å². The van der Waals surface area contributed by atoms with E-state index >= 15 is 0 Å². The first kappa shape index (κ1) is 14.7. The minimum atomic E-state index is -1.15. The highest BCUT2D eigenvalue weighted by atomic mass is 19.1. The molecule has 0 bridgehead atoms. The maximum absolute atomic E-state index is 13.6. The zero-order valence-electron chi connectivity index (χ0n) is 10.6. The first-order valence-electron chi connectivity index (χ1n) is 5.66. The highest BCUT2D eigenvalue weighted by Gasteiger charge is 2.06. The van der Waals surface area contributed by atoms with Crippen molar-refractivity contribution in [3.8, 4) is 0 Å². The van der Waals surface area contributed by atoms with Crippen LogP contribution in [0.5, 0.6) is 0 Å². The molecule has 1 aromatic rings. The summed E-state index contributed by atoms with van der Waals surface area (Å²) in [6.45, 7) is 3.61. The van der Waals surface area contributed by atoms with E-state index in [2.05, 4.69) is 10.6 Å². The quantitative estimate of drug-likeness (QED) is 0.732. The fraction of sp³-hybridized carbons (Fsp3) is 0.231. The van der Waals surface area contributed by atoms with E-state index in [0.717, 1.165) is 18.2 Å². The molecule has 0 aliphatic carbocycles. The molecule has 0 radical (unpaired) electrons. The molecule has 19 heavy (non-hydrogen) atoms. The predicted octanol–water partition coefficient (Wildman–Crippen LogP) is 2.45. The Morgan fingerprint density at radius 1 is 1.37 bits per heavy atom. The van der Waals surface area contributed by atoms with Gasteiger partial charge in [-0.1, -0.05) is 0 Å². The third kappa shape index (κ3) is 5.20. The van der Waals surface area contributed by atoms with E-state index in [0.29, 0.717) is 5.69 Å². The number of carboxylic acid groups (broad SMARTS) is 1. The van der Waals surface area contributed by atoms with Crippen LogP contribution in [-0.2, 0) is 4.79 Å². The molecule has 1 rings (SSSR count). The molecule has 2 amide bonds. The van der Waals surface area contributed by atoms with Crippen LogP contribution < -0.4 is 10.6 Å². The third-order valence-corrected chi connectivity index (χ3v) is 2.08. The van der Waals surface area contributed by atoms with E-state index in [9.17, 15) is 14.0 Å². The normalized spacial score (nSPS) is 10.7. The number of amides is 2. The molecule has 0 saturated carbocycles.